The molecule has 25 heavy (non-hydrogen) atoms. The van der Waals surface area contributed by atoms with Crippen LogP contribution >= 0.6 is 0 Å². The molecule has 1 saturated heterocycles. The zero-order valence-electron chi connectivity index (χ0n) is 15.2. The zero-order valence-corrected chi connectivity index (χ0v) is 15.2. The highest BCUT2D eigenvalue weighted by atomic mass is 16.5. The Morgan fingerprint density at radius 1 is 1.44 bits per heavy atom. The number of morpholine rings is 1. The van der Waals surface area contributed by atoms with Crippen molar-refractivity contribution in [1.29, 1.82) is 0 Å². The number of ether oxygens (including phenoxy) is 1. The average molecular weight is 347 g/mol. The average Bonchev–Trinajstić information content (AvgIpc) is 3.23. The molecule has 0 aliphatic carbocycles. The monoisotopic (exact) mass is 347 g/mol. The fourth-order valence-corrected chi connectivity index (χ4v) is 3.12. The van der Waals surface area contributed by atoms with E-state index < -0.39 is 0 Å². The second-order valence-corrected chi connectivity index (χ2v) is 6.55. The predicted molar refractivity (Wildman–Crippen MR) is 89.9 cm³/mol. The summed E-state index contributed by atoms with van der Waals surface area (Å²) < 4.78 is 11.0. The van der Waals surface area contributed by atoms with Gasteiger partial charge in [0.2, 0.25) is 5.91 Å². The molecule has 1 aliphatic heterocycles. The van der Waals surface area contributed by atoms with Gasteiger partial charge in [-0.25, -0.2) is 4.98 Å². The first-order valence-electron chi connectivity index (χ1n) is 8.72. The van der Waals surface area contributed by atoms with Crippen molar-refractivity contribution in [3.8, 4) is 0 Å². The van der Waals surface area contributed by atoms with Gasteiger partial charge >= 0.3 is 0 Å². The van der Waals surface area contributed by atoms with Crippen molar-refractivity contribution in [3.05, 3.63) is 28.7 Å². The van der Waals surface area contributed by atoms with Crippen LogP contribution in [0, 0.1) is 19.8 Å². The van der Waals surface area contributed by atoms with Crippen LogP contribution in [-0.2, 0) is 22.4 Å². The summed E-state index contributed by atoms with van der Waals surface area (Å²) in [5, 5.41) is 11.1. The second-order valence-electron chi connectivity index (χ2n) is 6.55. The maximum Gasteiger partial charge on any atom is 0.225 e. The van der Waals surface area contributed by atoms with E-state index in [1.54, 1.807) is 0 Å². The van der Waals surface area contributed by atoms with E-state index >= 15 is 0 Å². The molecule has 8 heteroatoms. The van der Waals surface area contributed by atoms with Crippen LogP contribution in [0.3, 0.4) is 0 Å². The Labute approximate surface area is 146 Å². The van der Waals surface area contributed by atoms with E-state index in [-0.39, 0.29) is 17.9 Å². The van der Waals surface area contributed by atoms with Gasteiger partial charge in [-0.05, 0) is 20.3 Å². The molecule has 136 valence electrons. The summed E-state index contributed by atoms with van der Waals surface area (Å²) in [6.07, 6.45) is 1.14. The van der Waals surface area contributed by atoms with Crippen molar-refractivity contribution in [2.75, 3.05) is 19.7 Å². The lowest BCUT2D eigenvalue weighted by Crippen LogP contribution is -2.45. The Hall–Kier alpha value is -2.22. The number of aromatic amines is 1. The molecule has 2 atom stereocenters. The molecular weight excluding hydrogens is 322 g/mol. The third kappa shape index (κ3) is 3.73. The van der Waals surface area contributed by atoms with Gasteiger partial charge < -0.3 is 14.2 Å². The third-order valence-corrected chi connectivity index (χ3v) is 4.66. The fourth-order valence-electron chi connectivity index (χ4n) is 3.12. The molecular formula is C17H25N5O3. The van der Waals surface area contributed by atoms with Crippen molar-refractivity contribution in [2.45, 2.75) is 46.6 Å². The van der Waals surface area contributed by atoms with Gasteiger partial charge in [-0.1, -0.05) is 19.0 Å². The molecule has 1 amide bonds. The zero-order chi connectivity index (χ0) is 18.0. The summed E-state index contributed by atoms with van der Waals surface area (Å²) in [7, 11) is 0. The maximum atomic E-state index is 12.9. The first-order valence-corrected chi connectivity index (χ1v) is 8.72. The smallest absolute Gasteiger partial charge is 0.225 e. The van der Waals surface area contributed by atoms with Crippen LogP contribution in [0.4, 0.5) is 0 Å². The molecule has 0 radical (unpaired) electrons. The lowest BCUT2D eigenvalue weighted by molar-refractivity contribution is -0.143. The highest BCUT2D eigenvalue weighted by Gasteiger charge is 2.31. The molecule has 0 bridgehead atoms. The molecule has 2 aromatic rings. The number of rotatable bonds is 5. The van der Waals surface area contributed by atoms with Gasteiger partial charge in [0.1, 0.15) is 17.7 Å². The SMILES string of the molecule is CCc1nc([C@@H]2CN(C(=O)[C@@H](C)Cc3c(C)noc3C)CCO2)n[nH]1. The van der Waals surface area contributed by atoms with Crippen molar-refractivity contribution < 1.29 is 14.1 Å². The number of amides is 1. The van der Waals surface area contributed by atoms with Gasteiger partial charge in [0.15, 0.2) is 5.82 Å². The lowest BCUT2D eigenvalue weighted by atomic mass is 9.98. The highest BCUT2D eigenvalue weighted by molar-refractivity contribution is 5.79. The van der Waals surface area contributed by atoms with E-state index in [4.69, 9.17) is 9.26 Å². The number of hydrogen-bond acceptors (Lipinski definition) is 6. The normalized spacial score (nSPS) is 19.2. The largest absolute Gasteiger partial charge is 0.366 e. The van der Waals surface area contributed by atoms with Gasteiger partial charge in [-0.3, -0.25) is 9.89 Å². The molecule has 3 rings (SSSR count). The molecule has 0 unspecified atom stereocenters. The van der Waals surface area contributed by atoms with E-state index in [0.717, 1.165) is 29.3 Å². The van der Waals surface area contributed by atoms with Crippen molar-refractivity contribution in [3.63, 3.8) is 0 Å². The number of hydrogen-bond donors (Lipinski definition) is 1. The number of nitrogens with zero attached hydrogens (tertiary/aromatic N) is 4. The van der Waals surface area contributed by atoms with Crippen LogP contribution < -0.4 is 0 Å². The third-order valence-electron chi connectivity index (χ3n) is 4.66. The van der Waals surface area contributed by atoms with Gasteiger partial charge in [0.05, 0.1) is 18.8 Å². The van der Waals surface area contributed by atoms with Crippen LogP contribution in [0.15, 0.2) is 4.52 Å². The standard InChI is InChI=1S/C17H25N5O3/c1-5-15-18-16(20-19-15)14-9-22(6-7-24-14)17(23)10(2)8-13-11(3)21-25-12(13)4/h10,14H,5-9H2,1-4H3,(H,18,19,20)/t10-,14-/m0/s1. The Bertz CT molecular complexity index is 719. The molecule has 0 aromatic carbocycles. The molecule has 0 saturated carbocycles. The number of aromatic nitrogens is 4. The van der Waals surface area contributed by atoms with Crippen LogP contribution in [0.2, 0.25) is 0 Å². The Balaban J connectivity index is 1.65. The summed E-state index contributed by atoms with van der Waals surface area (Å²) in [6.45, 7) is 9.30. The minimum Gasteiger partial charge on any atom is -0.366 e. The molecule has 1 aliphatic rings. The van der Waals surface area contributed by atoms with Gasteiger partial charge in [-0.15, -0.1) is 0 Å². The number of carbonyl (C=O) groups excluding carboxylic acids is 1. The topological polar surface area (TPSA) is 97.1 Å². The summed E-state index contributed by atoms with van der Waals surface area (Å²) in [5.41, 5.74) is 1.87. The highest BCUT2D eigenvalue weighted by Crippen LogP contribution is 2.23. The van der Waals surface area contributed by atoms with E-state index in [1.807, 2.05) is 32.6 Å². The van der Waals surface area contributed by atoms with Crippen LogP contribution in [0.25, 0.3) is 0 Å². The molecule has 2 aromatic heterocycles. The van der Waals surface area contributed by atoms with Gasteiger partial charge in [-0.2, -0.15) is 5.10 Å². The first-order chi connectivity index (χ1) is 12.0. The Morgan fingerprint density at radius 2 is 2.24 bits per heavy atom. The van der Waals surface area contributed by atoms with Crippen LogP contribution in [-0.4, -0.2) is 50.8 Å². The number of nitrogens with one attached hydrogen (secondary N) is 1. The number of aryl methyl sites for hydroxylation is 3. The predicted octanol–water partition coefficient (Wildman–Crippen LogP) is 1.75. The first kappa shape index (κ1) is 17.6. The second kappa shape index (κ2) is 7.35. The van der Waals surface area contributed by atoms with Crippen molar-refractivity contribution >= 4 is 5.91 Å². The van der Waals surface area contributed by atoms with Gasteiger partial charge in [0.25, 0.3) is 0 Å². The van der Waals surface area contributed by atoms with E-state index in [0.29, 0.717) is 31.9 Å². The Kier molecular flexibility index (Phi) is 5.17. The summed E-state index contributed by atoms with van der Waals surface area (Å²) in [6, 6.07) is 0. The van der Waals surface area contributed by atoms with E-state index in [1.165, 1.54) is 0 Å². The maximum absolute atomic E-state index is 12.9. The minimum atomic E-state index is -0.277. The minimum absolute atomic E-state index is 0.111. The van der Waals surface area contributed by atoms with Crippen molar-refractivity contribution in [2.24, 2.45) is 5.92 Å². The number of carbonyl (C=O) groups is 1. The van der Waals surface area contributed by atoms with E-state index in [2.05, 4.69) is 20.3 Å². The van der Waals surface area contributed by atoms with Crippen molar-refractivity contribution in [1.82, 2.24) is 25.2 Å². The fraction of sp³-hybridized carbons (Fsp3) is 0.647. The molecule has 8 nitrogen and oxygen atoms in total. The van der Waals surface area contributed by atoms with Crippen LogP contribution in [0.1, 0.15) is 48.6 Å². The Morgan fingerprint density at radius 3 is 2.88 bits per heavy atom. The molecule has 1 fully saturated rings. The summed E-state index contributed by atoms with van der Waals surface area (Å²) >= 11 is 0. The number of H-pyrrole nitrogens is 1. The molecule has 3 heterocycles. The van der Waals surface area contributed by atoms with E-state index in [9.17, 15) is 4.79 Å². The van der Waals surface area contributed by atoms with Crippen LogP contribution in [0.5, 0.6) is 0 Å². The summed E-state index contributed by atoms with van der Waals surface area (Å²) in [5.74, 6) is 2.19. The lowest BCUT2D eigenvalue weighted by Gasteiger charge is -2.33. The summed E-state index contributed by atoms with van der Waals surface area (Å²) in [4.78, 5) is 19.1. The quantitative estimate of drug-likeness (QED) is 0.885. The molecule has 0 spiro atoms. The van der Waals surface area contributed by atoms with Gasteiger partial charge in [0, 0.05) is 24.4 Å². The molecule has 1 N–H and O–H groups in total.